The first-order valence-electron chi connectivity index (χ1n) is 5.18. The van der Waals surface area contributed by atoms with Gasteiger partial charge in [-0.3, -0.25) is 0 Å². The lowest BCUT2D eigenvalue weighted by Crippen LogP contribution is -1.97. The van der Waals surface area contributed by atoms with Crippen molar-refractivity contribution in [3.8, 4) is 0 Å². The van der Waals surface area contributed by atoms with Gasteiger partial charge in [0.2, 0.25) is 0 Å². The molecule has 0 aliphatic heterocycles. The second-order valence-electron chi connectivity index (χ2n) is 3.52. The summed E-state index contributed by atoms with van der Waals surface area (Å²) < 4.78 is 12.6. The van der Waals surface area contributed by atoms with Crippen LogP contribution in [0.4, 0.5) is 4.39 Å². The molecule has 0 saturated carbocycles. The molecule has 86 valence electrons. The second kappa shape index (κ2) is 6.82. The van der Waals surface area contributed by atoms with E-state index >= 15 is 0 Å². The van der Waals surface area contributed by atoms with E-state index in [0.717, 1.165) is 12.8 Å². The van der Waals surface area contributed by atoms with Crippen LogP contribution < -0.4 is 0 Å². The molecular weight excluding hydrogens is 209 g/mol. The van der Waals surface area contributed by atoms with E-state index in [0.29, 0.717) is 18.5 Å². The van der Waals surface area contributed by atoms with E-state index in [2.05, 4.69) is 10.0 Å². The summed E-state index contributed by atoms with van der Waals surface area (Å²) in [5.74, 6) is -0.306. The third-order valence-corrected chi connectivity index (χ3v) is 2.30. The molecule has 5 heteroatoms. The van der Waals surface area contributed by atoms with Gasteiger partial charge in [-0.25, -0.2) is 4.39 Å². The van der Waals surface area contributed by atoms with E-state index in [4.69, 9.17) is 5.53 Å². The highest BCUT2D eigenvalue weighted by molar-refractivity contribution is 5.18. The summed E-state index contributed by atoms with van der Waals surface area (Å²) in [6.45, 7) is 0.451. The minimum atomic E-state index is -0.577. The van der Waals surface area contributed by atoms with Crippen LogP contribution in [-0.2, 0) is 0 Å². The first-order valence-corrected chi connectivity index (χ1v) is 5.18. The van der Waals surface area contributed by atoms with Crippen LogP contribution >= 0.6 is 0 Å². The molecule has 1 aromatic carbocycles. The second-order valence-corrected chi connectivity index (χ2v) is 3.52. The Morgan fingerprint density at radius 1 is 1.31 bits per heavy atom. The fraction of sp³-hybridized carbons (Fsp3) is 0.455. The molecule has 0 amide bonds. The Hall–Kier alpha value is -1.58. The van der Waals surface area contributed by atoms with Crippen molar-refractivity contribution in [3.63, 3.8) is 0 Å². The average Bonchev–Trinajstić information content (AvgIpc) is 2.29. The molecule has 0 bridgehead atoms. The Kier molecular flexibility index (Phi) is 5.32. The lowest BCUT2D eigenvalue weighted by molar-refractivity contribution is 0.164. The SMILES string of the molecule is [N-]=[N+]=NCCCCC(O)c1ccc(F)cc1. The van der Waals surface area contributed by atoms with Gasteiger partial charge < -0.3 is 5.11 Å². The highest BCUT2D eigenvalue weighted by Crippen LogP contribution is 2.19. The van der Waals surface area contributed by atoms with Crippen molar-refractivity contribution in [1.29, 1.82) is 0 Å². The van der Waals surface area contributed by atoms with E-state index in [1.54, 1.807) is 12.1 Å². The predicted molar refractivity (Wildman–Crippen MR) is 59.2 cm³/mol. The zero-order chi connectivity index (χ0) is 11.8. The molecule has 0 aromatic heterocycles. The van der Waals surface area contributed by atoms with E-state index in [9.17, 15) is 9.50 Å². The summed E-state index contributed by atoms with van der Waals surface area (Å²) in [6.07, 6.45) is 1.54. The zero-order valence-electron chi connectivity index (χ0n) is 8.88. The lowest BCUT2D eigenvalue weighted by Gasteiger charge is -2.09. The van der Waals surface area contributed by atoms with Gasteiger partial charge >= 0.3 is 0 Å². The van der Waals surface area contributed by atoms with E-state index in [-0.39, 0.29) is 5.82 Å². The first kappa shape index (κ1) is 12.5. The molecule has 1 N–H and O–H groups in total. The summed E-state index contributed by atoms with van der Waals surface area (Å²) in [6, 6.07) is 5.82. The minimum absolute atomic E-state index is 0.306. The lowest BCUT2D eigenvalue weighted by atomic mass is 10.0. The summed E-state index contributed by atoms with van der Waals surface area (Å²) in [5, 5.41) is 13.1. The smallest absolute Gasteiger partial charge is 0.123 e. The molecule has 0 aliphatic rings. The van der Waals surface area contributed by atoms with Crippen molar-refractivity contribution in [2.24, 2.45) is 5.11 Å². The molecule has 0 spiro atoms. The average molecular weight is 223 g/mol. The topological polar surface area (TPSA) is 69.0 Å². The van der Waals surface area contributed by atoms with Crippen LogP contribution in [0.1, 0.15) is 30.9 Å². The zero-order valence-corrected chi connectivity index (χ0v) is 8.88. The van der Waals surface area contributed by atoms with Crippen molar-refractivity contribution in [3.05, 3.63) is 46.1 Å². The summed E-state index contributed by atoms with van der Waals surface area (Å²) in [5.41, 5.74) is 8.77. The van der Waals surface area contributed by atoms with Gasteiger partial charge in [-0.15, -0.1) is 0 Å². The van der Waals surface area contributed by atoms with Crippen molar-refractivity contribution in [2.75, 3.05) is 6.54 Å². The summed E-state index contributed by atoms with van der Waals surface area (Å²) >= 11 is 0. The molecule has 0 saturated heterocycles. The fourth-order valence-corrected chi connectivity index (χ4v) is 1.42. The van der Waals surface area contributed by atoms with Crippen LogP contribution in [0.2, 0.25) is 0 Å². The maximum Gasteiger partial charge on any atom is 0.123 e. The van der Waals surface area contributed by atoms with Crippen molar-refractivity contribution in [1.82, 2.24) is 0 Å². The van der Waals surface area contributed by atoms with E-state index in [1.807, 2.05) is 0 Å². The molecule has 0 heterocycles. The molecule has 1 atom stereocenters. The third-order valence-electron chi connectivity index (χ3n) is 2.30. The Balaban J connectivity index is 2.32. The standard InChI is InChI=1S/C11H14FN3O/c12-10-6-4-9(5-7-10)11(16)3-1-2-8-14-15-13/h4-7,11,16H,1-3,8H2. The van der Waals surface area contributed by atoms with Gasteiger partial charge in [0.1, 0.15) is 5.82 Å². The first-order chi connectivity index (χ1) is 7.74. The number of hydrogen-bond donors (Lipinski definition) is 1. The highest BCUT2D eigenvalue weighted by atomic mass is 19.1. The molecular formula is C11H14FN3O. The van der Waals surface area contributed by atoms with Crippen molar-refractivity contribution in [2.45, 2.75) is 25.4 Å². The molecule has 1 unspecified atom stereocenters. The van der Waals surface area contributed by atoms with Crippen LogP contribution in [0.5, 0.6) is 0 Å². The normalized spacial score (nSPS) is 11.9. The molecule has 1 aromatic rings. The van der Waals surface area contributed by atoms with Gasteiger partial charge in [0.05, 0.1) is 6.10 Å². The van der Waals surface area contributed by atoms with Crippen molar-refractivity contribution < 1.29 is 9.50 Å². The Morgan fingerprint density at radius 3 is 2.62 bits per heavy atom. The van der Waals surface area contributed by atoms with E-state index < -0.39 is 6.10 Å². The van der Waals surface area contributed by atoms with Crippen LogP contribution in [0, 0.1) is 5.82 Å². The number of azide groups is 1. The molecule has 0 aliphatic carbocycles. The maximum atomic E-state index is 12.6. The van der Waals surface area contributed by atoms with Crippen LogP contribution in [0.15, 0.2) is 29.4 Å². The Bertz CT molecular complexity index is 360. The molecule has 16 heavy (non-hydrogen) atoms. The van der Waals surface area contributed by atoms with Gasteiger partial charge in [0, 0.05) is 11.5 Å². The Morgan fingerprint density at radius 2 is 2.00 bits per heavy atom. The molecule has 0 radical (unpaired) electrons. The quantitative estimate of drug-likeness (QED) is 0.341. The van der Waals surface area contributed by atoms with Crippen LogP contribution in [0.3, 0.4) is 0 Å². The van der Waals surface area contributed by atoms with E-state index in [1.165, 1.54) is 12.1 Å². The fourth-order valence-electron chi connectivity index (χ4n) is 1.42. The number of benzene rings is 1. The predicted octanol–water partition coefficient (Wildman–Crippen LogP) is 3.34. The van der Waals surface area contributed by atoms with Crippen molar-refractivity contribution >= 4 is 0 Å². The monoisotopic (exact) mass is 223 g/mol. The highest BCUT2D eigenvalue weighted by Gasteiger charge is 2.06. The number of halogens is 1. The number of rotatable bonds is 6. The maximum absolute atomic E-state index is 12.6. The third kappa shape index (κ3) is 4.29. The summed E-state index contributed by atoms with van der Waals surface area (Å²) in [7, 11) is 0. The van der Waals surface area contributed by atoms with Gasteiger partial charge in [0.15, 0.2) is 0 Å². The van der Waals surface area contributed by atoms with Crippen LogP contribution in [-0.4, -0.2) is 11.7 Å². The number of aliphatic hydroxyl groups excluding tert-OH is 1. The van der Waals surface area contributed by atoms with Gasteiger partial charge in [-0.1, -0.05) is 23.7 Å². The van der Waals surface area contributed by atoms with Crippen LogP contribution in [0.25, 0.3) is 10.4 Å². The number of hydrogen-bond acceptors (Lipinski definition) is 2. The molecule has 0 fully saturated rings. The van der Waals surface area contributed by atoms with Gasteiger partial charge in [-0.2, -0.15) is 0 Å². The largest absolute Gasteiger partial charge is 0.388 e. The number of nitrogens with zero attached hydrogens (tertiary/aromatic N) is 3. The molecule has 1 rings (SSSR count). The Labute approximate surface area is 93.3 Å². The number of unbranched alkanes of at least 4 members (excludes halogenated alkanes) is 1. The minimum Gasteiger partial charge on any atom is -0.388 e. The molecule has 4 nitrogen and oxygen atoms in total. The summed E-state index contributed by atoms with van der Waals surface area (Å²) in [4.78, 5) is 2.64. The van der Waals surface area contributed by atoms with Gasteiger partial charge in [0.25, 0.3) is 0 Å². The number of aliphatic hydroxyl groups is 1. The van der Waals surface area contributed by atoms with Gasteiger partial charge in [-0.05, 0) is 36.1 Å².